The Bertz CT molecular complexity index is 360. The predicted molar refractivity (Wildman–Crippen MR) is 62.5 cm³/mol. The summed E-state index contributed by atoms with van der Waals surface area (Å²) in [4.78, 5) is 23.8. The minimum absolute atomic E-state index is 0.0208. The number of imide groups is 1. The molecule has 1 heterocycles. The summed E-state index contributed by atoms with van der Waals surface area (Å²) in [5.41, 5.74) is -2.80. The summed E-state index contributed by atoms with van der Waals surface area (Å²) >= 11 is 0. The molecule has 0 aliphatic carbocycles. The number of nitrogens with zero attached hydrogens (tertiary/aromatic N) is 1. The van der Waals surface area contributed by atoms with E-state index in [0.717, 1.165) is 13.0 Å². The first-order chi connectivity index (χ1) is 8.74. The second-order valence-corrected chi connectivity index (χ2v) is 4.61. The van der Waals surface area contributed by atoms with Crippen molar-refractivity contribution in [3.8, 4) is 0 Å². The van der Waals surface area contributed by atoms with Gasteiger partial charge in [0, 0.05) is 6.54 Å². The highest BCUT2D eigenvalue weighted by Gasteiger charge is 2.64. The van der Waals surface area contributed by atoms with Crippen molar-refractivity contribution in [1.29, 1.82) is 0 Å². The topological polar surface area (TPSA) is 61.4 Å². The Labute approximate surface area is 109 Å². The molecule has 0 saturated carbocycles. The summed E-state index contributed by atoms with van der Waals surface area (Å²) in [5, 5.41) is 4.76. The van der Waals surface area contributed by atoms with Crippen LogP contribution in [0.15, 0.2) is 0 Å². The van der Waals surface area contributed by atoms with Crippen LogP contribution in [0.3, 0.4) is 0 Å². The molecule has 1 saturated heterocycles. The van der Waals surface area contributed by atoms with Gasteiger partial charge < -0.3 is 10.6 Å². The molecule has 0 bridgehead atoms. The number of alkyl halides is 3. The Balaban J connectivity index is 2.57. The molecular formula is C11H18F3N3O2. The molecule has 0 aromatic rings. The largest absolute Gasteiger partial charge is 0.420 e. The SMILES string of the molecule is CCCNCCCN1C(=O)NC(C)(C(F)(F)F)C1=O. The summed E-state index contributed by atoms with van der Waals surface area (Å²) in [6, 6.07) is -0.986. The van der Waals surface area contributed by atoms with E-state index in [1.807, 2.05) is 6.92 Å². The van der Waals surface area contributed by atoms with Crippen molar-refractivity contribution in [3.05, 3.63) is 0 Å². The molecule has 0 aromatic heterocycles. The lowest BCUT2D eigenvalue weighted by Crippen LogP contribution is -2.56. The molecule has 0 radical (unpaired) electrons. The van der Waals surface area contributed by atoms with E-state index >= 15 is 0 Å². The Morgan fingerprint density at radius 3 is 2.42 bits per heavy atom. The van der Waals surface area contributed by atoms with E-state index in [1.165, 1.54) is 0 Å². The third-order valence-electron chi connectivity index (χ3n) is 3.00. The number of nitrogens with one attached hydrogen (secondary N) is 2. The van der Waals surface area contributed by atoms with E-state index < -0.39 is 23.7 Å². The average molecular weight is 281 g/mol. The zero-order valence-electron chi connectivity index (χ0n) is 10.9. The molecular weight excluding hydrogens is 263 g/mol. The predicted octanol–water partition coefficient (Wildman–Crippen LogP) is 1.25. The van der Waals surface area contributed by atoms with Crippen LogP contribution in [0.2, 0.25) is 0 Å². The van der Waals surface area contributed by atoms with Gasteiger partial charge in [-0.3, -0.25) is 9.69 Å². The maximum atomic E-state index is 12.8. The van der Waals surface area contributed by atoms with E-state index in [1.54, 1.807) is 5.32 Å². The minimum Gasteiger partial charge on any atom is -0.317 e. The second kappa shape index (κ2) is 5.77. The van der Waals surface area contributed by atoms with Gasteiger partial charge in [-0.2, -0.15) is 13.2 Å². The fourth-order valence-electron chi connectivity index (χ4n) is 1.76. The molecule has 0 aromatic carbocycles. The Morgan fingerprint density at radius 2 is 1.95 bits per heavy atom. The second-order valence-electron chi connectivity index (χ2n) is 4.61. The van der Waals surface area contributed by atoms with Crippen molar-refractivity contribution < 1.29 is 22.8 Å². The van der Waals surface area contributed by atoms with Gasteiger partial charge in [0.1, 0.15) is 0 Å². The molecule has 1 aliphatic heterocycles. The third kappa shape index (κ3) is 3.17. The average Bonchev–Trinajstić information content (AvgIpc) is 2.52. The lowest BCUT2D eigenvalue weighted by Gasteiger charge is -2.24. The van der Waals surface area contributed by atoms with Crippen molar-refractivity contribution in [2.75, 3.05) is 19.6 Å². The van der Waals surface area contributed by atoms with Crippen molar-refractivity contribution in [1.82, 2.24) is 15.5 Å². The Morgan fingerprint density at radius 1 is 1.32 bits per heavy atom. The van der Waals surface area contributed by atoms with Gasteiger partial charge in [0.25, 0.3) is 5.91 Å². The molecule has 19 heavy (non-hydrogen) atoms. The van der Waals surface area contributed by atoms with Crippen LogP contribution in [-0.2, 0) is 4.79 Å². The summed E-state index contributed by atoms with van der Waals surface area (Å²) in [6.07, 6.45) is -3.43. The van der Waals surface area contributed by atoms with Gasteiger partial charge in [0.15, 0.2) is 0 Å². The number of carbonyl (C=O) groups is 2. The summed E-state index contributed by atoms with van der Waals surface area (Å²) in [6.45, 7) is 3.99. The van der Waals surface area contributed by atoms with Crippen LogP contribution in [0, 0.1) is 0 Å². The fraction of sp³-hybridized carbons (Fsp3) is 0.818. The highest BCUT2D eigenvalue weighted by atomic mass is 19.4. The van der Waals surface area contributed by atoms with Crippen LogP contribution in [0.4, 0.5) is 18.0 Å². The van der Waals surface area contributed by atoms with Crippen LogP contribution >= 0.6 is 0 Å². The van der Waals surface area contributed by atoms with Gasteiger partial charge in [-0.05, 0) is 32.9 Å². The molecule has 8 heteroatoms. The van der Waals surface area contributed by atoms with E-state index in [-0.39, 0.29) is 6.54 Å². The van der Waals surface area contributed by atoms with Gasteiger partial charge in [-0.1, -0.05) is 6.92 Å². The molecule has 1 rings (SSSR count). The lowest BCUT2D eigenvalue weighted by molar-refractivity contribution is -0.191. The molecule has 2 N–H and O–H groups in total. The maximum Gasteiger partial charge on any atom is 0.420 e. The van der Waals surface area contributed by atoms with Gasteiger partial charge in [-0.25, -0.2) is 4.79 Å². The molecule has 110 valence electrons. The van der Waals surface area contributed by atoms with Crippen molar-refractivity contribution >= 4 is 11.9 Å². The van der Waals surface area contributed by atoms with Crippen LogP contribution in [-0.4, -0.2) is 48.2 Å². The number of amides is 3. The number of carbonyl (C=O) groups excluding carboxylic acids is 2. The highest BCUT2D eigenvalue weighted by Crippen LogP contribution is 2.35. The summed E-state index contributed by atoms with van der Waals surface area (Å²) in [7, 11) is 0. The molecule has 1 aliphatic rings. The molecule has 3 amide bonds. The van der Waals surface area contributed by atoms with Crippen LogP contribution < -0.4 is 10.6 Å². The first-order valence-corrected chi connectivity index (χ1v) is 6.15. The third-order valence-corrected chi connectivity index (χ3v) is 3.00. The number of hydrogen-bond acceptors (Lipinski definition) is 3. The van der Waals surface area contributed by atoms with Gasteiger partial charge in [0.2, 0.25) is 5.54 Å². The first kappa shape index (κ1) is 15.7. The lowest BCUT2D eigenvalue weighted by atomic mass is 10.0. The highest BCUT2D eigenvalue weighted by molar-refractivity contribution is 6.07. The normalized spacial score (nSPS) is 23.9. The molecule has 1 fully saturated rings. The van der Waals surface area contributed by atoms with E-state index in [2.05, 4.69) is 5.32 Å². The van der Waals surface area contributed by atoms with E-state index in [0.29, 0.717) is 24.8 Å². The van der Waals surface area contributed by atoms with Crippen molar-refractivity contribution in [3.63, 3.8) is 0 Å². The number of rotatable bonds is 6. The van der Waals surface area contributed by atoms with Crippen molar-refractivity contribution in [2.45, 2.75) is 38.4 Å². The maximum absolute atomic E-state index is 12.8. The molecule has 1 unspecified atom stereocenters. The van der Waals surface area contributed by atoms with Gasteiger partial charge >= 0.3 is 12.2 Å². The van der Waals surface area contributed by atoms with Crippen LogP contribution in [0.1, 0.15) is 26.7 Å². The number of urea groups is 1. The zero-order chi connectivity index (χ0) is 14.7. The van der Waals surface area contributed by atoms with Gasteiger partial charge in [-0.15, -0.1) is 0 Å². The smallest absolute Gasteiger partial charge is 0.317 e. The minimum atomic E-state index is -4.80. The van der Waals surface area contributed by atoms with Crippen molar-refractivity contribution in [2.24, 2.45) is 0 Å². The fourth-order valence-corrected chi connectivity index (χ4v) is 1.76. The zero-order valence-corrected chi connectivity index (χ0v) is 10.9. The monoisotopic (exact) mass is 281 g/mol. The Kier molecular flexibility index (Phi) is 4.78. The van der Waals surface area contributed by atoms with Crippen LogP contribution in [0.25, 0.3) is 0 Å². The first-order valence-electron chi connectivity index (χ1n) is 6.15. The Hall–Kier alpha value is -1.31. The molecule has 5 nitrogen and oxygen atoms in total. The van der Waals surface area contributed by atoms with Crippen LogP contribution in [0.5, 0.6) is 0 Å². The summed E-state index contributed by atoms with van der Waals surface area (Å²) < 4.78 is 38.3. The molecule has 1 atom stereocenters. The van der Waals surface area contributed by atoms with E-state index in [4.69, 9.17) is 0 Å². The number of hydrogen-bond donors (Lipinski definition) is 2. The van der Waals surface area contributed by atoms with Gasteiger partial charge in [0.05, 0.1) is 0 Å². The summed E-state index contributed by atoms with van der Waals surface area (Å²) in [5.74, 6) is -1.24. The number of halogens is 3. The van der Waals surface area contributed by atoms with E-state index in [9.17, 15) is 22.8 Å². The standard InChI is InChI=1S/C11H18F3N3O2/c1-3-5-15-6-4-7-17-8(18)10(2,11(12,13)14)16-9(17)19/h15H,3-7H2,1-2H3,(H,16,19). The molecule has 0 spiro atoms. The quantitative estimate of drug-likeness (QED) is 0.569.